The fourth-order valence-electron chi connectivity index (χ4n) is 8.51. The van der Waals surface area contributed by atoms with E-state index in [0.29, 0.717) is 19.4 Å². The molecule has 0 saturated carbocycles. The smallest absolute Gasteiger partial charge is 0.264 e. The quantitative estimate of drug-likeness (QED) is 0.223. The molecule has 47 heavy (non-hydrogen) atoms. The van der Waals surface area contributed by atoms with E-state index in [9.17, 15) is 14.7 Å². The van der Waals surface area contributed by atoms with Crippen molar-refractivity contribution in [1.29, 1.82) is 0 Å². The van der Waals surface area contributed by atoms with Crippen LogP contribution in [-0.2, 0) is 32.9 Å². The summed E-state index contributed by atoms with van der Waals surface area (Å²) < 4.78 is 12.4. The van der Waals surface area contributed by atoms with Crippen molar-refractivity contribution >= 4 is 42.1 Å². The van der Waals surface area contributed by atoms with Gasteiger partial charge < -0.3 is 19.5 Å². The number of hydrogen-bond acceptors (Lipinski definition) is 5. The average molecular weight is 647 g/mol. The molecule has 7 nitrogen and oxygen atoms in total. The number of fused-ring (bicyclic) bond motifs is 3. The highest BCUT2D eigenvalue weighted by Crippen LogP contribution is 2.60. The lowest BCUT2D eigenvalue weighted by Crippen LogP contribution is -2.51. The van der Waals surface area contributed by atoms with Gasteiger partial charge in [0.2, 0.25) is 5.91 Å². The number of aryl methyl sites for hydroxylation is 1. The number of carbonyl (C=O) groups excluding carboxylic acids is 2. The topological polar surface area (TPSA) is 79.3 Å². The Labute approximate surface area is 277 Å². The van der Waals surface area contributed by atoms with Gasteiger partial charge in [0, 0.05) is 30.2 Å². The molecule has 4 aromatic carbocycles. The van der Waals surface area contributed by atoms with Crippen LogP contribution in [0, 0.1) is 5.92 Å². The molecule has 0 aliphatic carbocycles. The number of rotatable bonds is 8. The number of benzene rings is 4. The molecule has 8 heteroatoms. The zero-order valence-electron chi connectivity index (χ0n) is 27.5. The van der Waals surface area contributed by atoms with E-state index >= 15 is 0 Å². The van der Waals surface area contributed by atoms with Crippen LogP contribution in [0.3, 0.4) is 0 Å². The largest absolute Gasteiger partial charge is 0.497 e. The van der Waals surface area contributed by atoms with Crippen LogP contribution in [0.2, 0.25) is 18.6 Å². The van der Waals surface area contributed by atoms with Gasteiger partial charge in [-0.2, -0.15) is 0 Å². The molecule has 0 aromatic heterocycles. The van der Waals surface area contributed by atoms with Crippen molar-refractivity contribution in [1.82, 2.24) is 0 Å². The van der Waals surface area contributed by atoms with Gasteiger partial charge in [-0.15, -0.1) is 0 Å². The normalized spacial score (nSPS) is 23.7. The molecule has 1 saturated heterocycles. The SMILES string of the molecule is COc1ccc([Si](C)(C)[C@H]2[C@H](CCO)O[C@@]3(C(=O)N(Cc4cccc(N5C(=O)CCc6ccccc65)c4)c4ccccc43)[C@@H]2C)cc1. The molecule has 7 rings (SSSR count). The van der Waals surface area contributed by atoms with Crippen molar-refractivity contribution in [3.05, 3.63) is 114 Å². The summed E-state index contributed by atoms with van der Waals surface area (Å²) in [5, 5.41) is 11.4. The highest BCUT2D eigenvalue weighted by atomic mass is 28.3. The first-order chi connectivity index (χ1) is 22.7. The van der Waals surface area contributed by atoms with E-state index in [2.05, 4.69) is 38.2 Å². The monoisotopic (exact) mass is 646 g/mol. The molecule has 0 unspecified atom stereocenters. The maximum Gasteiger partial charge on any atom is 0.264 e. The highest BCUT2D eigenvalue weighted by Gasteiger charge is 2.66. The number of carbonyl (C=O) groups is 2. The van der Waals surface area contributed by atoms with Crippen LogP contribution in [-0.4, -0.2) is 44.8 Å². The van der Waals surface area contributed by atoms with Gasteiger partial charge in [0.25, 0.3) is 5.91 Å². The first-order valence-corrected chi connectivity index (χ1v) is 19.6. The lowest BCUT2D eigenvalue weighted by molar-refractivity contribution is -0.146. The van der Waals surface area contributed by atoms with Gasteiger partial charge in [0.1, 0.15) is 5.75 Å². The maximum atomic E-state index is 14.9. The van der Waals surface area contributed by atoms with E-state index in [1.165, 1.54) is 5.19 Å². The molecule has 1 fully saturated rings. The molecule has 4 atom stereocenters. The number of amides is 2. The molecular formula is C39H42N2O5Si. The number of nitrogens with zero attached hydrogens (tertiary/aromatic N) is 2. The van der Waals surface area contributed by atoms with Gasteiger partial charge in [-0.1, -0.05) is 85.9 Å². The van der Waals surface area contributed by atoms with E-state index in [-0.39, 0.29) is 36.0 Å². The molecule has 0 radical (unpaired) electrons. The van der Waals surface area contributed by atoms with Crippen molar-refractivity contribution in [3.63, 3.8) is 0 Å². The summed E-state index contributed by atoms with van der Waals surface area (Å²) in [7, 11) is -0.579. The molecule has 1 spiro atoms. The number of anilines is 3. The van der Waals surface area contributed by atoms with Crippen molar-refractivity contribution in [2.24, 2.45) is 5.92 Å². The Balaban J connectivity index is 1.25. The van der Waals surface area contributed by atoms with Crippen LogP contribution in [0.1, 0.15) is 36.5 Å². The van der Waals surface area contributed by atoms with Gasteiger partial charge >= 0.3 is 0 Å². The molecule has 242 valence electrons. The Bertz CT molecular complexity index is 1820. The molecule has 3 heterocycles. The van der Waals surface area contributed by atoms with Crippen LogP contribution in [0.5, 0.6) is 5.75 Å². The third kappa shape index (κ3) is 5.01. The number of ether oxygens (including phenoxy) is 2. The summed E-state index contributed by atoms with van der Waals surface area (Å²) in [5.41, 5.74) is 4.46. The van der Waals surface area contributed by atoms with Crippen LogP contribution in [0.25, 0.3) is 0 Å². The maximum absolute atomic E-state index is 14.9. The second kappa shape index (κ2) is 12.1. The second-order valence-electron chi connectivity index (χ2n) is 13.6. The summed E-state index contributed by atoms with van der Waals surface area (Å²) in [5.74, 6) is 0.683. The number of aliphatic hydroxyl groups excluding tert-OH is 1. The average Bonchev–Trinajstić information content (AvgIpc) is 3.51. The molecule has 0 bridgehead atoms. The predicted octanol–water partition coefficient (Wildman–Crippen LogP) is 6.45. The minimum atomic E-state index is -2.25. The standard InChI is InChI=1S/C39H42N2O5Si/c1-26-37(47(3,4)31-19-17-30(45-2)18-20-31)35(22-23-42)46-39(26)32-13-6-8-15-34(32)40(38(39)44)25-27-10-9-12-29(24-27)41-33-14-7-5-11-28(33)16-21-36(41)43/h5-15,17-20,24,26,35,37,42H,16,21-23,25H2,1-4H3/t26-,35+,37-,39+/m1/s1. The zero-order chi connectivity index (χ0) is 32.9. The summed E-state index contributed by atoms with van der Waals surface area (Å²) in [4.78, 5) is 31.8. The summed E-state index contributed by atoms with van der Waals surface area (Å²) >= 11 is 0. The van der Waals surface area contributed by atoms with Crippen molar-refractivity contribution in [3.8, 4) is 5.75 Å². The first kappa shape index (κ1) is 31.4. The Morgan fingerprint density at radius 3 is 2.38 bits per heavy atom. The third-order valence-electron chi connectivity index (χ3n) is 10.8. The molecule has 3 aliphatic heterocycles. The van der Waals surface area contributed by atoms with E-state index in [0.717, 1.165) is 45.9 Å². The third-order valence-corrected chi connectivity index (χ3v) is 15.1. The Morgan fingerprint density at radius 1 is 0.915 bits per heavy atom. The van der Waals surface area contributed by atoms with Crippen LogP contribution >= 0.6 is 0 Å². The summed E-state index contributed by atoms with van der Waals surface area (Å²) in [6.45, 7) is 7.19. The minimum Gasteiger partial charge on any atom is -0.497 e. The molecule has 4 aromatic rings. The number of hydrogen-bond donors (Lipinski definition) is 1. The number of methoxy groups -OCH3 is 1. The van der Waals surface area contributed by atoms with Crippen molar-refractivity contribution < 1.29 is 24.2 Å². The lowest BCUT2D eigenvalue weighted by atomic mass is 9.82. The van der Waals surface area contributed by atoms with Gasteiger partial charge in [-0.25, -0.2) is 0 Å². The van der Waals surface area contributed by atoms with Gasteiger partial charge in [0.15, 0.2) is 5.60 Å². The second-order valence-corrected chi connectivity index (χ2v) is 18.3. The van der Waals surface area contributed by atoms with Gasteiger partial charge in [0.05, 0.1) is 39.2 Å². The predicted molar refractivity (Wildman–Crippen MR) is 187 cm³/mol. The Kier molecular flexibility index (Phi) is 8.06. The summed E-state index contributed by atoms with van der Waals surface area (Å²) in [6.07, 6.45) is 1.39. The fourth-order valence-corrected chi connectivity index (χ4v) is 12.6. The zero-order valence-corrected chi connectivity index (χ0v) is 28.5. The van der Waals surface area contributed by atoms with Crippen LogP contribution < -0.4 is 19.7 Å². The molecule has 1 N–H and O–H groups in total. The van der Waals surface area contributed by atoms with Crippen molar-refractivity contribution in [2.45, 2.75) is 63.1 Å². The van der Waals surface area contributed by atoms with E-state index in [1.807, 2.05) is 88.7 Å². The number of para-hydroxylation sites is 2. The van der Waals surface area contributed by atoms with Crippen LogP contribution in [0.4, 0.5) is 17.1 Å². The first-order valence-electron chi connectivity index (χ1n) is 16.5. The minimum absolute atomic E-state index is 0.0122. The van der Waals surface area contributed by atoms with E-state index in [4.69, 9.17) is 9.47 Å². The van der Waals surface area contributed by atoms with E-state index < -0.39 is 13.7 Å². The fraction of sp³-hybridized carbons (Fsp3) is 0.333. The Hall–Kier alpha value is -4.24. The number of aliphatic hydroxyl groups is 1. The summed E-state index contributed by atoms with van der Waals surface area (Å²) in [6, 6.07) is 32.3. The van der Waals surface area contributed by atoms with Gasteiger partial charge in [-0.05, 0) is 65.9 Å². The Morgan fingerprint density at radius 2 is 1.64 bits per heavy atom. The lowest BCUT2D eigenvalue weighted by Gasteiger charge is -2.37. The van der Waals surface area contributed by atoms with Crippen molar-refractivity contribution in [2.75, 3.05) is 23.5 Å². The highest BCUT2D eigenvalue weighted by molar-refractivity contribution is 6.91. The molecule has 3 aliphatic rings. The van der Waals surface area contributed by atoms with Gasteiger partial charge in [-0.3, -0.25) is 14.5 Å². The molecular weight excluding hydrogens is 605 g/mol. The molecule has 2 amide bonds. The van der Waals surface area contributed by atoms with Crippen LogP contribution in [0.15, 0.2) is 97.1 Å². The van der Waals surface area contributed by atoms with E-state index in [1.54, 1.807) is 7.11 Å².